The molecule has 0 fully saturated rings. The minimum atomic E-state index is -4.70. The van der Waals surface area contributed by atoms with E-state index in [9.17, 15) is 26.3 Å². The first-order chi connectivity index (χ1) is 14.4. The molecular formula is C16H17ClF6N4O3S2. The first-order valence-corrected chi connectivity index (χ1v) is 9.27. The number of hydrogen-bond acceptors (Lipinski definition) is 8. The van der Waals surface area contributed by atoms with Crippen LogP contribution in [0, 0.1) is 6.92 Å². The molecule has 180 valence electrons. The zero-order chi connectivity index (χ0) is 23.2. The van der Waals surface area contributed by atoms with Crippen molar-refractivity contribution in [3.63, 3.8) is 0 Å². The molecule has 1 aromatic carbocycles. The second-order valence-corrected chi connectivity index (χ2v) is 7.16. The summed E-state index contributed by atoms with van der Waals surface area (Å²) in [6.07, 6.45) is -8.69. The van der Waals surface area contributed by atoms with Crippen LogP contribution in [0.5, 0.6) is 11.8 Å². The summed E-state index contributed by atoms with van der Waals surface area (Å²) in [6, 6.07) is 4.85. The van der Waals surface area contributed by atoms with Crippen molar-refractivity contribution in [1.29, 1.82) is 0 Å². The number of hydrogen-bond donors (Lipinski definition) is 1. The van der Waals surface area contributed by atoms with Crippen LogP contribution >= 0.6 is 37.3 Å². The summed E-state index contributed by atoms with van der Waals surface area (Å²) in [4.78, 5) is 7.12. The van der Waals surface area contributed by atoms with E-state index in [2.05, 4.69) is 24.9 Å². The van der Waals surface area contributed by atoms with Gasteiger partial charge < -0.3 is 9.47 Å². The standard InChI is InChI=1S/C16H15ClF6N4O3S.H2S/c1-9-5-10(17)3-4-11(9)26-30-31-27(2)12-13(28-6-15(18,19)20)24-8-25-14(12)29-7-16(21,22)23;/h3-5,8,26H,6-7H2,1-2H3;1H2. The Balaban J connectivity index is 0.00000512. The maximum Gasteiger partial charge on any atom is 0.422 e. The lowest BCUT2D eigenvalue weighted by molar-refractivity contribution is -0.154. The van der Waals surface area contributed by atoms with E-state index in [-0.39, 0.29) is 13.5 Å². The summed E-state index contributed by atoms with van der Waals surface area (Å²) in [5, 5.41) is 0.493. The normalized spacial score (nSPS) is 11.5. The fourth-order valence-corrected chi connectivity index (χ4v) is 2.72. The van der Waals surface area contributed by atoms with Crippen molar-refractivity contribution < 1.29 is 40.1 Å². The highest BCUT2D eigenvalue weighted by atomic mass is 35.5. The molecule has 0 radical (unpaired) electrons. The number of benzene rings is 1. The van der Waals surface area contributed by atoms with Crippen LogP contribution in [-0.2, 0) is 4.28 Å². The zero-order valence-electron chi connectivity index (χ0n) is 16.3. The molecule has 0 bridgehead atoms. The Morgan fingerprint density at radius 3 is 2.03 bits per heavy atom. The Kier molecular flexibility index (Phi) is 10.3. The van der Waals surface area contributed by atoms with Gasteiger partial charge in [-0.15, -0.1) is 0 Å². The van der Waals surface area contributed by atoms with Crippen LogP contribution in [-0.4, -0.2) is 42.6 Å². The first kappa shape index (κ1) is 28.1. The molecule has 1 aromatic heterocycles. The molecule has 1 N–H and O–H groups in total. The van der Waals surface area contributed by atoms with Gasteiger partial charge >= 0.3 is 12.4 Å². The minimum absolute atomic E-state index is 0. The molecule has 0 saturated heterocycles. The van der Waals surface area contributed by atoms with Crippen molar-refractivity contribution in [2.75, 3.05) is 30.0 Å². The van der Waals surface area contributed by atoms with Crippen molar-refractivity contribution in [2.45, 2.75) is 19.3 Å². The molecule has 7 nitrogen and oxygen atoms in total. The molecule has 2 aromatic rings. The van der Waals surface area contributed by atoms with Gasteiger partial charge in [-0.2, -0.15) is 54.1 Å². The molecule has 16 heteroatoms. The Labute approximate surface area is 195 Å². The van der Waals surface area contributed by atoms with Gasteiger partial charge in [-0.25, -0.2) is 0 Å². The van der Waals surface area contributed by atoms with E-state index in [1.807, 2.05) is 0 Å². The third kappa shape index (κ3) is 9.26. The molecule has 0 atom stereocenters. The van der Waals surface area contributed by atoms with Crippen molar-refractivity contribution in [3.8, 4) is 11.8 Å². The average Bonchev–Trinajstić information content (AvgIpc) is 2.65. The lowest BCUT2D eigenvalue weighted by Gasteiger charge is -2.22. The summed E-state index contributed by atoms with van der Waals surface area (Å²) in [5.74, 6) is -1.29. The molecule has 0 aliphatic carbocycles. The topological polar surface area (TPSA) is 68.7 Å². The molecule has 0 spiro atoms. The van der Waals surface area contributed by atoms with Crippen LogP contribution in [0.15, 0.2) is 24.5 Å². The SMILES string of the molecule is Cc1cc(Cl)ccc1NOSN(C)c1c(OCC(F)(F)F)ncnc1OCC(F)(F)F.S. The molecule has 0 amide bonds. The van der Waals surface area contributed by atoms with Crippen LogP contribution in [0.3, 0.4) is 0 Å². The minimum Gasteiger partial charge on any atom is -0.466 e. The molecular weight excluding hydrogens is 510 g/mol. The highest BCUT2D eigenvalue weighted by molar-refractivity contribution is 7.96. The van der Waals surface area contributed by atoms with E-state index >= 15 is 0 Å². The number of alkyl halides is 6. The second kappa shape index (κ2) is 11.8. The van der Waals surface area contributed by atoms with E-state index in [1.165, 1.54) is 7.05 Å². The van der Waals surface area contributed by atoms with Crippen LogP contribution in [0.25, 0.3) is 0 Å². The second-order valence-electron chi connectivity index (χ2n) is 5.86. The predicted octanol–water partition coefficient (Wildman–Crippen LogP) is 5.48. The molecule has 0 saturated carbocycles. The molecule has 1 heterocycles. The third-order valence-corrected chi connectivity index (χ3v) is 4.10. The van der Waals surface area contributed by atoms with Crippen LogP contribution in [0.2, 0.25) is 5.02 Å². The van der Waals surface area contributed by atoms with Crippen molar-refractivity contribution in [2.24, 2.45) is 0 Å². The summed E-state index contributed by atoms with van der Waals surface area (Å²) < 4.78 is 90.6. The number of ether oxygens (including phenoxy) is 2. The number of halogens is 7. The quantitative estimate of drug-likeness (QED) is 0.199. The van der Waals surface area contributed by atoms with Gasteiger partial charge in [-0.05, 0) is 30.7 Å². The Morgan fingerprint density at radius 2 is 1.56 bits per heavy atom. The molecule has 32 heavy (non-hydrogen) atoms. The lowest BCUT2D eigenvalue weighted by atomic mass is 10.2. The number of nitrogens with zero attached hydrogens (tertiary/aromatic N) is 3. The fourth-order valence-electron chi connectivity index (χ4n) is 2.03. The van der Waals surface area contributed by atoms with Gasteiger partial charge in [-0.1, -0.05) is 11.6 Å². The van der Waals surface area contributed by atoms with Gasteiger partial charge in [0.05, 0.1) is 5.69 Å². The average molecular weight is 527 g/mol. The summed E-state index contributed by atoms with van der Waals surface area (Å²) in [6.45, 7) is -1.71. The number of aryl methyl sites for hydroxylation is 1. The molecule has 0 aliphatic rings. The number of nitrogens with one attached hydrogen (secondary N) is 1. The first-order valence-electron chi connectivity index (χ1n) is 8.19. The van der Waals surface area contributed by atoms with E-state index < -0.39 is 43.0 Å². The van der Waals surface area contributed by atoms with Crippen LogP contribution < -0.4 is 19.3 Å². The van der Waals surface area contributed by atoms with E-state index in [4.69, 9.17) is 15.9 Å². The Morgan fingerprint density at radius 1 is 1.03 bits per heavy atom. The van der Waals surface area contributed by atoms with Crippen molar-refractivity contribution >= 4 is 48.7 Å². The largest absolute Gasteiger partial charge is 0.466 e. The van der Waals surface area contributed by atoms with Crippen LogP contribution in [0.4, 0.5) is 37.7 Å². The van der Waals surface area contributed by atoms with E-state index in [0.717, 1.165) is 16.2 Å². The number of anilines is 2. The monoisotopic (exact) mass is 526 g/mol. The Hall–Kier alpha value is -1.97. The maximum absolute atomic E-state index is 12.5. The summed E-state index contributed by atoms with van der Waals surface area (Å²) >= 11 is 6.37. The Bertz CT molecular complexity index is 856. The number of rotatable bonds is 9. The van der Waals surface area contributed by atoms with Gasteiger partial charge in [0.1, 0.15) is 18.6 Å². The summed E-state index contributed by atoms with van der Waals surface area (Å²) in [5.41, 5.74) is 3.43. The highest BCUT2D eigenvalue weighted by Crippen LogP contribution is 2.38. The summed E-state index contributed by atoms with van der Waals surface area (Å²) in [7, 11) is 1.28. The number of aromatic nitrogens is 2. The van der Waals surface area contributed by atoms with E-state index in [1.54, 1.807) is 25.1 Å². The third-order valence-electron chi connectivity index (χ3n) is 3.30. The zero-order valence-corrected chi connectivity index (χ0v) is 18.9. The fraction of sp³-hybridized carbons (Fsp3) is 0.375. The van der Waals surface area contributed by atoms with Gasteiger partial charge in [0.25, 0.3) is 0 Å². The van der Waals surface area contributed by atoms with Gasteiger partial charge in [-0.3, -0.25) is 9.79 Å². The van der Waals surface area contributed by atoms with Crippen molar-refractivity contribution in [1.82, 2.24) is 9.97 Å². The van der Waals surface area contributed by atoms with Gasteiger partial charge in [0.15, 0.2) is 18.9 Å². The smallest absolute Gasteiger partial charge is 0.422 e. The highest BCUT2D eigenvalue weighted by Gasteiger charge is 2.32. The predicted molar refractivity (Wildman–Crippen MR) is 112 cm³/mol. The van der Waals surface area contributed by atoms with Gasteiger partial charge in [0, 0.05) is 12.1 Å². The van der Waals surface area contributed by atoms with E-state index in [0.29, 0.717) is 22.9 Å². The van der Waals surface area contributed by atoms with Crippen molar-refractivity contribution in [3.05, 3.63) is 35.1 Å². The van der Waals surface area contributed by atoms with Crippen LogP contribution in [0.1, 0.15) is 5.56 Å². The molecule has 0 unspecified atom stereocenters. The van der Waals surface area contributed by atoms with Gasteiger partial charge in [0.2, 0.25) is 11.8 Å². The molecule has 2 rings (SSSR count). The molecule has 0 aliphatic heterocycles. The lowest BCUT2D eigenvalue weighted by Crippen LogP contribution is -2.23. The maximum atomic E-state index is 12.5.